The van der Waals surface area contributed by atoms with Gasteiger partial charge in [-0.2, -0.15) is 0 Å². The van der Waals surface area contributed by atoms with E-state index < -0.39 is 145 Å². The predicted molar refractivity (Wildman–Crippen MR) is 382 cm³/mol. The number of carbonyl (C=O) groups excluding carboxylic acids is 11. The number of benzene rings is 4. The van der Waals surface area contributed by atoms with Crippen LogP contribution in [0.1, 0.15) is 93.9 Å². The number of aromatic hydroxyl groups is 1. The first-order valence-corrected chi connectivity index (χ1v) is 34.6. The average molecular weight is 1440 g/mol. The minimum atomic E-state index is -1.84. The van der Waals surface area contributed by atoms with Crippen LogP contribution in [0.15, 0.2) is 116 Å². The van der Waals surface area contributed by atoms with Gasteiger partial charge < -0.3 is 100 Å². The van der Waals surface area contributed by atoms with E-state index in [1.54, 1.807) is 105 Å². The van der Waals surface area contributed by atoms with E-state index in [4.69, 9.17) is 22.6 Å². The van der Waals surface area contributed by atoms with E-state index in [0.717, 1.165) is 0 Å². The number of rotatable bonds is 37. The number of para-hydroxylation sites is 2. The summed E-state index contributed by atoms with van der Waals surface area (Å²) in [7, 11) is 0. The number of nitrogens with one attached hydrogen (secondary N) is 12. The predicted octanol–water partition coefficient (Wildman–Crippen LogP) is -0.904. The lowest BCUT2D eigenvalue weighted by molar-refractivity contribution is -0.142. The van der Waals surface area contributed by atoms with Crippen molar-refractivity contribution in [1.82, 2.24) is 67.6 Å². The number of phenols is 1. The van der Waals surface area contributed by atoms with Crippen molar-refractivity contribution >= 4 is 98.7 Å². The highest BCUT2D eigenvalue weighted by atomic mass is 16.4. The number of likely N-dealkylation sites (tertiary alicyclic amines) is 2. The van der Waals surface area contributed by atoms with Crippen molar-refractivity contribution in [1.29, 1.82) is 5.41 Å². The Morgan fingerprint density at radius 2 is 0.990 bits per heavy atom. The molecule has 104 heavy (non-hydrogen) atoms. The molecule has 0 radical (unpaired) electrons. The number of aliphatic hydroxyl groups excluding tert-OH is 1. The van der Waals surface area contributed by atoms with Crippen LogP contribution in [0.2, 0.25) is 0 Å². The second-order valence-electron chi connectivity index (χ2n) is 26.5. The molecule has 32 heteroatoms. The van der Waals surface area contributed by atoms with Crippen LogP contribution in [0.4, 0.5) is 0 Å². The van der Waals surface area contributed by atoms with Crippen LogP contribution in [0.25, 0.3) is 21.8 Å². The highest BCUT2D eigenvalue weighted by Gasteiger charge is 2.42. The lowest BCUT2D eigenvalue weighted by atomic mass is 9.99. The molecular formula is C72H93N17O15. The Morgan fingerprint density at radius 1 is 0.538 bits per heavy atom. The van der Waals surface area contributed by atoms with Crippen molar-refractivity contribution in [3.8, 4) is 5.75 Å². The quantitative estimate of drug-likeness (QED) is 0.0128. The molecule has 0 unspecified atom stereocenters. The zero-order chi connectivity index (χ0) is 75.1. The zero-order valence-electron chi connectivity index (χ0n) is 57.9. The maximum atomic E-state index is 15.2. The van der Waals surface area contributed by atoms with Gasteiger partial charge in [-0.25, -0.2) is 0 Å². The van der Waals surface area contributed by atoms with Crippen molar-refractivity contribution in [2.45, 2.75) is 158 Å². The van der Waals surface area contributed by atoms with Crippen molar-refractivity contribution < 1.29 is 72.9 Å². The van der Waals surface area contributed by atoms with Gasteiger partial charge in [0.1, 0.15) is 60.1 Å². The summed E-state index contributed by atoms with van der Waals surface area (Å²) in [5.74, 6) is -10.9. The van der Waals surface area contributed by atoms with Crippen molar-refractivity contribution in [2.24, 2.45) is 23.1 Å². The molecule has 0 saturated carbocycles. The molecule has 11 amide bonds. The minimum Gasteiger partial charge on any atom is -0.508 e. The van der Waals surface area contributed by atoms with Gasteiger partial charge in [0.05, 0.1) is 19.2 Å². The lowest BCUT2D eigenvalue weighted by Crippen LogP contribution is -2.62. The molecule has 556 valence electrons. The Labute approximate surface area is 599 Å². The third kappa shape index (κ3) is 22.1. The number of H-pyrrole nitrogens is 2. The Kier molecular flexibility index (Phi) is 28.2. The van der Waals surface area contributed by atoms with Gasteiger partial charge in [-0.05, 0) is 104 Å². The number of phenolic OH excluding ortho intramolecular Hbond substituents is 1. The largest absolute Gasteiger partial charge is 0.508 e. The number of carboxylic acids is 1. The monoisotopic (exact) mass is 1440 g/mol. The first-order chi connectivity index (χ1) is 49.8. The molecule has 8 rings (SSSR count). The van der Waals surface area contributed by atoms with Crippen molar-refractivity contribution in [3.63, 3.8) is 0 Å². The Hall–Kier alpha value is -11.4. The standard InChI is InChI=1S/C72H93N17O15/c1-40(2)31-52(62(95)81-51(19-10-28-77-72(75)76)71(104)89-30-11-20-58(89)68(101)80-38-60(74)92)82-65(98)55(34-43-36-78-49-17-8-6-15-46(43)49)84-63(96)53(33-42-22-24-45(91)25-23-42)83-67(100)57(39-90)87-66(99)56(35-44-37-79-50-18-9-7-16-47(44)50)85-64(97)54(32-41-13-4-3-5-14-41)86-69(102)59-21-12-29-88(59)70(103)48(73)26-27-61(93)94/h3-9,13-18,22-25,36-37,40,48,51-59,78-79,90-91H,10-12,19-21,26-35,38-39,73H2,1-2H3,(H2,74,92)(H,80,101)(H,81,95)(H,82,98)(H,83,100)(H,84,96)(H,85,97)(H,86,102)(H,87,99)(H,93,94)(H4,75,76,77)/t48-,51-,52-,53-,54+,55+,56+,57-,58-,59-/m0/s1. The Balaban J connectivity index is 1.06. The number of guanidine groups is 1. The number of aliphatic hydroxyl groups is 1. The van der Waals surface area contributed by atoms with E-state index >= 15 is 9.59 Å². The highest BCUT2D eigenvalue weighted by Crippen LogP contribution is 2.25. The number of nitrogens with two attached hydrogens (primary N) is 3. The van der Waals surface area contributed by atoms with Crippen molar-refractivity contribution in [3.05, 3.63) is 138 Å². The number of carboxylic acid groups (broad SMARTS) is 1. The number of fused-ring (bicyclic) bond motifs is 2. The van der Waals surface area contributed by atoms with Crippen LogP contribution in [-0.4, -0.2) is 205 Å². The van der Waals surface area contributed by atoms with Crippen LogP contribution in [0.3, 0.4) is 0 Å². The Bertz CT molecular complexity index is 4050. The number of hydrogen-bond acceptors (Lipinski definition) is 16. The molecule has 2 aliphatic heterocycles. The number of aromatic amines is 2. The number of carbonyl (C=O) groups is 12. The van der Waals surface area contributed by atoms with Gasteiger partial charge in [0.15, 0.2) is 5.96 Å². The van der Waals surface area contributed by atoms with Crippen LogP contribution >= 0.6 is 0 Å². The number of aliphatic carboxylic acids is 1. The van der Waals surface area contributed by atoms with Gasteiger partial charge in [-0.3, -0.25) is 62.9 Å². The molecular weight excluding hydrogens is 1340 g/mol. The third-order valence-corrected chi connectivity index (χ3v) is 18.2. The van der Waals surface area contributed by atoms with Gasteiger partial charge in [0.2, 0.25) is 65.0 Å². The third-order valence-electron chi connectivity index (χ3n) is 18.2. The zero-order valence-corrected chi connectivity index (χ0v) is 57.9. The summed E-state index contributed by atoms with van der Waals surface area (Å²) in [6, 6.07) is 14.7. The molecule has 6 aromatic rings. The normalized spacial score (nSPS) is 16.5. The number of nitrogens with zero attached hydrogens (tertiary/aromatic N) is 2. The molecule has 4 aromatic carbocycles. The molecule has 0 bridgehead atoms. The van der Waals surface area contributed by atoms with Gasteiger partial charge in [-0.1, -0.05) is 92.7 Å². The summed E-state index contributed by atoms with van der Waals surface area (Å²) in [6.07, 6.45) is 3.30. The van der Waals surface area contributed by atoms with Crippen molar-refractivity contribution in [2.75, 3.05) is 32.8 Å². The van der Waals surface area contributed by atoms with Gasteiger partial charge in [0, 0.05) is 85.9 Å². The average Bonchev–Trinajstić information content (AvgIpc) is 1.54. The van der Waals surface area contributed by atoms with E-state index in [9.17, 15) is 63.3 Å². The SMILES string of the molecule is CC(C)C[C@H](NC(=O)[C@@H](Cc1c[nH]c2ccccc12)NC(=O)[C@H](Cc1ccc(O)cc1)NC(=O)[C@H](CO)NC(=O)[C@@H](Cc1c[nH]c2ccccc12)NC(=O)[C@@H](Cc1ccccc1)NC(=O)[C@@H]1CCCN1C(=O)[C@@H](N)CCC(=O)O)C(=O)N[C@@H](CCCNC(=N)N)C(=O)N1CCC[C@H]1C(=O)NCC(N)=O. The first-order valence-electron chi connectivity index (χ1n) is 34.6. The van der Waals surface area contributed by atoms with Gasteiger partial charge in [0.25, 0.3) is 0 Å². The fraction of sp³-hybridized carbons (Fsp3) is 0.431. The lowest BCUT2D eigenvalue weighted by Gasteiger charge is -2.31. The second-order valence-corrected chi connectivity index (χ2v) is 26.5. The summed E-state index contributed by atoms with van der Waals surface area (Å²) in [4.78, 5) is 177. The van der Waals surface area contributed by atoms with E-state index in [-0.39, 0.29) is 108 Å². The molecule has 21 N–H and O–H groups in total. The first kappa shape index (κ1) is 78.3. The van der Waals surface area contributed by atoms with Crippen LogP contribution in [0.5, 0.6) is 5.75 Å². The van der Waals surface area contributed by atoms with Crippen LogP contribution < -0.4 is 65.1 Å². The molecule has 10 atom stereocenters. The molecule has 32 nitrogen and oxygen atoms in total. The topological polar surface area (TPSA) is 514 Å². The summed E-state index contributed by atoms with van der Waals surface area (Å²) in [5.41, 5.74) is 20.3. The summed E-state index contributed by atoms with van der Waals surface area (Å²) in [6.45, 7) is 2.45. The minimum absolute atomic E-state index is 0.00324. The van der Waals surface area contributed by atoms with Gasteiger partial charge >= 0.3 is 5.97 Å². The number of primary amides is 1. The summed E-state index contributed by atoms with van der Waals surface area (Å²) in [5, 5.41) is 63.8. The number of amides is 11. The van der Waals surface area contributed by atoms with Gasteiger partial charge in [-0.15, -0.1) is 0 Å². The van der Waals surface area contributed by atoms with E-state index in [2.05, 4.69) is 57.8 Å². The molecule has 2 saturated heterocycles. The maximum Gasteiger partial charge on any atom is 0.303 e. The summed E-state index contributed by atoms with van der Waals surface area (Å²) < 4.78 is 0. The fourth-order valence-corrected chi connectivity index (χ4v) is 12.9. The van der Waals surface area contributed by atoms with Crippen LogP contribution in [-0.2, 0) is 83.2 Å². The van der Waals surface area contributed by atoms with E-state index in [1.165, 1.54) is 34.1 Å². The molecule has 2 fully saturated rings. The summed E-state index contributed by atoms with van der Waals surface area (Å²) >= 11 is 0. The second kappa shape index (κ2) is 37.5. The van der Waals surface area contributed by atoms with E-state index in [0.29, 0.717) is 56.9 Å². The number of aromatic nitrogens is 2. The molecule has 2 aliphatic rings. The molecule has 0 aliphatic carbocycles. The maximum absolute atomic E-state index is 15.2. The van der Waals surface area contributed by atoms with Crippen LogP contribution in [0, 0.1) is 11.3 Å². The Morgan fingerprint density at radius 3 is 1.51 bits per heavy atom. The molecule has 4 heterocycles. The number of hydrogen-bond donors (Lipinski definition) is 18. The van der Waals surface area contributed by atoms with E-state index in [1.807, 2.05) is 0 Å². The molecule has 2 aromatic heterocycles. The fourth-order valence-electron chi connectivity index (χ4n) is 12.9. The molecule has 0 spiro atoms. The highest BCUT2D eigenvalue weighted by molar-refractivity contribution is 6.00. The smallest absolute Gasteiger partial charge is 0.303 e.